The number of unbranched alkanes of at least 4 members (excludes halogenated alkanes) is 3. The Morgan fingerprint density at radius 3 is 2.33 bits per heavy atom. The van der Waals surface area contributed by atoms with E-state index in [-0.39, 0.29) is 0 Å². The summed E-state index contributed by atoms with van der Waals surface area (Å²) in [4.78, 5) is 0. The molecule has 24 heavy (non-hydrogen) atoms. The molecule has 0 saturated carbocycles. The average Bonchev–Trinajstić information content (AvgIpc) is 2.63. The fraction of sp³-hybridized carbons (Fsp3) is 0.455. The van der Waals surface area contributed by atoms with Crippen molar-refractivity contribution in [3.63, 3.8) is 0 Å². The van der Waals surface area contributed by atoms with Gasteiger partial charge >= 0.3 is 0 Å². The highest BCUT2D eigenvalue weighted by Crippen LogP contribution is 2.24. The molecule has 0 bridgehead atoms. The van der Waals surface area contributed by atoms with E-state index in [1.54, 1.807) is 0 Å². The van der Waals surface area contributed by atoms with Crippen LogP contribution in [0.3, 0.4) is 0 Å². The van der Waals surface area contributed by atoms with Gasteiger partial charge in [-0.05, 0) is 36.7 Å². The monoisotopic (exact) mass is 325 g/mol. The van der Waals surface area contributed by atoms with Crippen LogP contribution in [0.25, 0.3) is 0 Å². The Labute approximate surface area is 147 Å². The van der Waals surface area contributed by atoms with E-state index in [4.69, 9.17) is 4.74 Å². The van der Waals surface area contributed by atoms with Crippen molar-refractivity contribution in [3.05, 3.63) is 65.7 Å². The molecular weight excluding hydrogens is 294 g/mol. The smallest absolute Gasteiger partial charge is 0.119 e. The summed E-state index contributed by atoms with van der Waals surface area (Å²) in [6, 6.07) is 19.2. The lowest BCUT2D eigenvalue weighted by Gasteiger charge is -2.18. The first-order valence-electron chi connectivity index (χ1n) is 9.24. The van der Waals surface area contributed by atoms with Crippen LogP contribution in [0.4, 0.5) is 0 Å². The molecule has 0 aliphatic rings. The highest BCUT2D eigenvalue weighted by atomic mass is 16.5. The second-order valence-electron chi connectivity index (χ2n) is 6.44. The van der Waals surface area contributed by atoms with E-state index >= 15 is 0 Å². The zero-order chi connectivity index (χ0) is 17.0. The van der Waals surface area contributed by atoms with E-state index in [0.717, 1.165) is 18.9 Å². The molecule has 0 amide bonds. The zero-order valence-electron chi connectivity index (χ0n) is 15.1. The Morgan fingerprint density at radius 2 is 1.67 bits per heavy atom. The summed E-state index contributed by atoms with van der Waals surface area (Å²) >= 11 is 0. The van der Waals surface area contributed by atoms with Crippen LogP contribution in [-0.2, 0) is 6.54 Å². The SMILES string of the molecule is CCCCCCC(COc1ccc(CNC)cc1)c1ccccc1. The topological polar surface area (TPSA) is 21.3 Å². The summed E-state index contributed by atoms with van der Waals surface area (Å²) in [5, 5.41) is 3.17. The van der Waals surface area contributed by atoms with Crippen molar-refractivity contribution in [2.24, 2.45) is 0 Å². The van der Waals surface area contributed by atoms with Crippen molar-refractivity contribution in [2.45, 2.75) is 51.5 Å². The van der Waals surface area contributed by atoms with Gasteiger partial charge in [0.15, 0.2) is 0 Å². The molecule has 2 aromatic rings. The summed E-state index contributed by atoms with van der Waals surface area (Å²) in [7, 11) is 1.97. The van der Waals surface area contributed by atoms with Crippen LogP contribution in [0.15, 0.2) is 54.6 Å². The van der Waals surface area contributed by atoms with Crippen LogP contribution in [-0.4, -0.2) is 13.7 Å². The average molecular weight is 325 g/mol. The minimum atomic E-state index is 0.472. The molecule has 0 aromatic heterocycles. The van der Waals surface area contributed by atoms with Gasteiger partial charge in [-0.3, -0.25) is 0 Å². The Balaban J connectivity index is 1.92. The maximum Gasteiger partial charge on any atom is 0.119 e. The minimum absolute atomic E-state index is 0.472. The normalized spacial score (nSPS) is 12.1. The minimum Gasteiger partial charge on any atom is -0.493 e. The molecule has 0 aliphatic carbocycles. The van der Waals surface area contributed by atoms with Gasteiger partial charge < -0.3 is 10.1 Å². The molecule has 1 atom stereocenters. The molecule has 1 N–H and O–H groups in total. The predicted molar refractivity (Wildman–Crippen MR) is 103 cm³/mol. The molecule has 2 heteroatoms. The highest BCUT2D eigenvalue weighted by Gasteiger charge is 2.12. The number of nitrogens with one attached hydrogen (secondary N) is 1. The quantitative estimate of drug-likeness (QED) is 0.548. The third-order valence-corrected chi connectivity index (χ3v) is 4.43. The van der Waals surface area contributed by atoms with Crippen molar-refractivity contribution >= 4 is 0 Å². The van der Waals surface area contributed by atoms with E-state index in [0.29, 0.717) is 5.92 Å². The Hall–Kier alpha value is -1.80. The van der Waals surface area contributed by atoms with E-state index in [1.165, 1.54) is 43.2 Å². The van der Waals surface area contributed by atoms with Crippen molar-refractivity contribution in [3.8, 4) is 5.75 Å². The van der Waals surface area contributed by atoms with E-state index in [1.807, 2.05) is 7.05 Å². The van der Waals surface area contributed by atoms with Gasteiger partial charge in [-0.1, -0.05) is 75.1 Å². The second-order valence-corrected chi connectivity index (χ2v) is 6.44. The maximum atomic E-state index is 6.09. The fourth-order valence-corrected chi connectivity index (χ4v) is 2.99. The van der Waals surface area contributed by atoms with Gasteiger partial charge in [-0.2, -0.15) is 0 Å². The van der Waals surface area contributed by atoms with Crippen LogP contribution in [0.2, 0.25) is 0 Å². The summed E-state index contributed by atoms with van der Waals surface area (Å²) in [6.07, 6.45) is 6.40. The molecule has 0 fully saturated rings. The standard InChI is InChI=1S/C22H31NO/c1-3-4-5-7-12-21(20-10-8-6-9-11-20)18-24-22-15-13-19(14-16-22)17-23-2/h6,8-11,13-16,21,23H,3-5,7,12,17-18H2,1-2H3. The van der Waals surface area contributed by atoms with Crippen molar-refractivity contribution in [1.82, 2.24) is 5.32 Å². The van der Waals surface area contributed by atoms with Gasteiger partial charge in [-0.25, -0.2) is 0 Å². The Morgan fingerprint density at radius 1 is 0.917 bits per heavy atom. The predicted octanol–water partition coefficient (Wildman–Crippen LogP) is 5.54. The largest absolute Gasteiger partial charge is 0.493 e. The number of hydrogen-bond acceptors (Lipinski definition) is 2. The van der Waals surface area contributed by atoms with Gasteiger partial charge in [0.05, 0.1) is 6.61 Å². The molecule has 2 rings (SSSR count). The first-order valence-corrected chi connectivity index (χ1v) is 9.24. The van der Waals surface area contributed by atoms with Gasteiger partial charge in [0.1, 0.15) is 5.75 Å². The summed E-state index contributed by atoms with van der Waals surface area (Å²) in [5.41, 5.74) is 2.67. The van der Waals surface area contributed by atoms with E-state index in [2.05, 4.69) is 66.8 Å². The summed E-state index contributed by atoms with van der Waals surface area (Å²) in [6.45, 7) is 3.90. The number of ether oxygens (including phenoxy) is 1. The molecule has 130 valence electrons. The molecule has 0 aliphatic heterocycles. The van der Waals surface area contributed by atoms with Crippen LogP contribution in [0.5, 0.6) is 5.75 Å². The van der Waals surface area contributed by atoms with Crippen molar-refractivity contribution in [2.75, 3.05) is 13.7 Å². The first-order chi connectivity index (χ1) is 11.8. The number of rotatable bonds is 11. The van der Waals surface area contributed by atoms with Gasteiger partial charge in [0.25, 0.3) is 0 Å². The van der Waals surface area contributed by atoms with Crippen molar-refractivity contribution in [1.29, 1.82) is 0 Å². The summed E-state index contributed by atoms with van der Waals surface area (Å²) in [5.74, 6) is 1.43. The van der Waals surface area contributed by atoms with Crippen LogP contribution in [0, 0.1) is 0 Å². The molecule has 0 radical (unpaired) electrons. The first kappa shape index (κ1) is 18.5. The third kappa shape index (κ3) is 6.37. The molecule has 0 saturated heterocycles. The third-order valence-electron chi connectivity index (χ3n) is 4.43. The summed E-state index contributed by atoms with van der Waals surface area (Å²) < 4.78 is 6.09. The van der Waals surface area contributed by atoms with Gasteiger partial charge in [0.2, 0.25) is 0 Å². The lowest BCUT2D eigenvalue weighted by atomic mass is 9.94. The van der Waals surface area contributed by atoms with Crippen LogP contribution in [0.1, 0.15) is 56.1 Å². The lowest BCUT2D eigenvalue weighted by Crippen LogP contribution is -2.11. The van der Waals surface area contributed by atoms with E-state index < -0.39 is 0 Å². The lowest BCUT2D eigenvalue weighted by molar-refractivity contribution is 0.278. The van der Waals surface area contributed by atoms with Crippen molar-refractivity contribution < 1.29 is 4.74 Å². The zero-order valence-corrected chi connectivity index (χ0v) is 15.1. The molecule has 2 aromatic carbocycles. The van der Waals surface area contributed by atoms with Crippen LogP contribution >= 0.6 is 0 Å². The van der Waals surface area contributed by atoms with Gasteiger partial charge in [-0.15, -0.1) is 0 Å². The van der Waals surface area contributed by atoms with E-state index in [9.17, 15) is 0 Å². The Kier molecular flexibility index (Phi) is 8.40. The second kappa shape index (κ2) is 10.9. The molecule has 0 spiro atoms. The van der Waals surface area contributed by atoms with Crippen LogP contribution < -0.4 is 10.1 Å². The molecule has 2 nitrogen and oxygen atoms in total. The number of benzene rings is 2. The molecule has 0 heterocycles. The Bertz CT molecular complexity index is 550. The van der Waals surface area contributed by atoms with Gasteiger partial charge in [0, 0.05) is 12.5 Å². The highest BCUT2D eigenvalue weighted by molar-refractivity contribution is 5.27. The number of hydrogen-bond donors (Lipinski definition) is 1. The fourth-order valence-electron chi connectivity index (χ4n) is 2.99. The molecular formula is C22H31NO. The maximum absolute atomic E-state index is 6.09. The molecule has 1 unspecified atom stereocenters.